The highest BCUT2D eigenvalue weighted by Crippen LogP contribution is 2.15. The highest BCUT2D eigenvalue weighted by molar-refractivity contribution is 6.31. The van der Waals surface area contributed by atoms with Gasteiger partial charge in [0.1, 0.15) is 0 Å². The van der Waals surface area contributed by atoms with Crippen molar-refractivity contribution in [3.8, 4) is 0 Å². The van der Waals surface area contributed by atoms with Crippen LogP contribution in [0.2, 0.25) is 5.02 Å². The molecule has 1 amide bonds. The Morgan fingerprint density at radius 1 is 1.55 bits per heavy atom. The van der Waals surface area contributed by atoms with Gasteiger partial charge in [-0.05, 0) is 24.6 Å². The molecular weight excluding hydrogens is 162 g/mol. The molecular formula is C8H8ClNO. The average Bonchev–Trinajstić information content (AvgIpc) is 1.94. The number of hydrogen-bond acceptors (Lipinski definition) is 1. The summed E-state index contributed by atoms with van der Waals surface area (Å²) in [4.78, 5) is 10.6. The minimum absolute atomic E-state index is 0.445. The van der Waals surface area contributed by atoms with Gasteiger partial charge in [-0.25, -0.2) is 0 Å². The molecule has 0 aliphatic carbocycles. The Hall–Kier alpha value is -1.02. The average molecular weight is 170 g/mol. The Morgan fingerprint density at radius 2 is 2.18 bits per heavy atom. The van der Waals surface area contributed by atoms with Crippen LogP contribution in [-0.2, 0) is 0 Å². The summed E-state index contributed by atoms with van der Waals surface area (Å²) in [5.41, 5.74) is 6.42. The van der Waals surface area contributed by atoms with Crippen LogP contribution in [0, 0.1) is 6.92 Å². The summed E-state index contributed by atoms with van der Waals surface area (Å²) in [5, 5.41) is 0.571. The molecule has 11 heavy (non-hydrogen) atoms. The fraction of sp³-hybridized carbons (Fsp3) is 0.125. The van der Waals surface area contributed by atoms with Gasteiger partial charge in [0.2, 0.25) is 5.91 Å². The molecule has 2 nitrogen and oxygen atoms in total. The summed E-state index contributed by atoms with van der Waals surface area (Å²) in [5.74, 6) is -0.452. The maximum atomic E-state index is 10.6. The van der Waals surface area contributed by atoms with E-state index in [-0.39, 0.29) is 0 Å². The second-order valence-electron chi connectivity index (χ2n) is 2.33. The lowest BCUT2D eigenvalue weighted by Crippen LogP contribution is -2.10. The molecule has 3 heteroatoms. The molecule has 0 radical (unpaired) electrons. The molecule has 1 rings (SSSR count). The fourth-order valence-electron chi connectivity index (χ4n) is 0.746. The van der Waals surface area contributed by atoms with E-state index in [0.717, 1.165) is 5.56 Å². The molecule has 1 aromatic carbocycles. The van der Waals surface area contributed by atoms with Gasteiger partial charge in [-0.3, -0.25) is 4.79 Å². The molecule has 0 atom stereocenters. The molecule has 0 heterocycles. The molecule has 0 saturated heterocycles. The molecule has 0 saturated carbocycles. The van der Waals surface area contributed by atoms with Gasteiger partial charge in [0, 0.05) is 10.6 Å². The first-order valence-corrected chi connectivity index (χ1v) is 3.55. The highest BCUT2D eigenvalue weighted by atomic mass is 35.5. The molecule has 0 aliphatic heterocycles. The van der Waals surface area contributed by atoms with E-state index in [1.807, 2.05) is 6.92 Å². The molecule has 1 aromatic rings. The summed E-state index contributed by atoms with van der Waals surface area (Å²) in [7, 11) is 0. The Kier molecular flexibility index (Phi) is 2.15. The standard InChI is InChI=1S/C8H8ClNO/c1-5-2-3-6(8(10)11)4-7(5)9/h2-4H,1H3,(H2,10,11). The van der Waals surface area contributed by atoms with Crippen molar-refractivity contribution in [2.75, 3.05) is 0 Å². The predicted molar refractivity (Wildman–Crippen MR) is 44.7 cm³/mol. The van der Waals surface area contributed by atoms with Gasteiger partial charge in [-0.1, -0.05) is 17.7 Å². The first-order valence-electron chi connectivity index (χ1n) is 3.17. The third-order valence-corrected chi connectivity index (χ3v) is 1.86. The molecule has 0 bridgehead atoms. The lowest BCUT2D eigenvalue weighted by Gasteiger charge is -1.98. The van der Waals surface area contributed by atoms with Gasteiger partial charge in [-0.2, -0.15) is 0 Å². The van der Waals surface area contributed by atoms with Gasteiger partial charge >= 0.3 is 0 Å². The van der Waals surface area contributed by atoms with E-state index in [0.29, 0.717) is 10.6 Å². The Morgan fingerprint density at radius 3 is 2.64 bits per heavy atom. The summed E-state index contributed by atoms with van der Waals surface area (Å²) in [6.45, 7) is 1.87. The quantitative estimate of drug-likeness (QED) is 0.684. The second kappa shape index (κ2) is 2.93. The number of nitrogens with two attached hydrogens (primary N) is 1. The lowest BCUT2D eigenvalue weighted by atomic mass is 10.1. The lowest BCUT2D eigenvalue weighted by molar-refractivity contribution is 0.100. The minimum atomic E-state index is -0.452. The third-order valence-electron chi connectivity index (χ3n) is 1.46. The monoisotopic (exact) mass is 169 g/mol. The topological polar surface area (TPSA) is 43.1 Å². The number of aryl methyl sites for hydroxylation is 1. The summed E-state index contributed by atoms with van der Waals surface area (Å²) in [6, 6.07) is 4.99. The van der Waals surface area contributed by atoms with Crippen LogP contribution in [0.3, 0.4) is 0 Å². The molecule has 0 fully saturated rings. The van der Waals surface area contributed by atoms with Crippen LogP contribution in [0.5, 0.6) is 0 Å². The zero-order chi connectivity index (χ0) is 8.43. The Balaban J connectivity index is 3.15. The van der Waals surface area contributed by atoms with Crippen molar-refractivity contribution in [2.45, 2.75) is 6.92 Å². The second-order valence-corrected chi connectivity index (χ2v) is 2.74. The minimum Gasteiger partial charge on any atom is -0.366 e. The van der Waals surface area contributed by atoms with E-state index in [4.69, 9.17) is 17.3 Å². The van der Waals surface area contributed by atoms with E-state index in [2.05, 4.69) is 0 Å². The highest BCUT2D eigenvalue weighted by Gasteiger charge is 2.01. The number of carbonyl (C=O) groups is 1. The van der Waals surface area contributed by atoms with E-state index < -0.39 is 5.91 Å². The zero-order valence-corrected chi connectivity index (χ0v) is 6.85. The number of hydrogen-bond donors (Lipinski definition) is 1. The van der Waals surface area contributed by atoms with E-state index >= 15 is 0 Å². The van der Waals surface area contributed by atoms with Crippen molar-refractivity contribution in [1.82, 2.24) is 0 Å². The van der Waals surface area contributed by atoms with Crippen LogP contribution in [0.4, 0.5) is 0 Å². The summed E-state index contributed by atoms with van der Waals surface area (Å²) in [6.07, 6.45) is 0. The van der Waals surface area contributed by atoms with E-state index in [9.17, 15) is 4.79 Å². The molecule has 0 aliphatic rings. The smallest absolute Gasteiger partial charge is 0.248 e. The number of primary amides is 1. The molecule has 58 valence electrons. The first kappa shape index (κ1) is 8.08. The molecule has 2 N–H and O–H groups in total. The Bertz CT molecular complexity index is 296. The van der Waals surface area contributed by atoms with Crippen LogP contribution >= 0.6 is 11.6 Å². The van der Waals surface area contributed by atoms with Crippen molar-refractivity contribution >= 4 is 17.5 Å². The van der Waals surface area contributed by atoms with Crippen molar-refractivity contribution < 1.29 is 4.79 Å². The van der Waals surface area contributed by atoms with Crippen LogP contribution in [0.15, 0.2) is 18.2 Å². The van der Waals surface area contributed by atoms with Crippen LogP contribution in [0.1, 0.15) is 15.9 Å². The molecule has 0 spiro atoms. The SMILES string of the molecule is Cc1ccc(C(N)=O)cc1Cl. The van der Waals surface area contributed by atoms with Crippen molar-refractivity contribution in [3.63, 3.8) is 0 Å². The van der Waals surface area contributed by atoms with Crippen molar-refractivity contribution in [3.05, 3.63) is 34.3 Å². The first-order chi connectivity index (χ1) is 5.11. The van der Waals surface area contributed by atoms with E-state index in [1.54, 1.807) is 18.2 Å². The van der Waals surface area contributed by atoms with Crippen molar-refractivity contribution in [1.29, 1.82) is 0 Å². The third kappa shape index (κ3) is 1.71. The number of carbonyl (C=O) groups excluding carboxylic acids is 1. The number of halogens is 1. The van der Waals surface area contributed by atoms with Gasteiger partial charge < -0.3 is 5.73 Å². The number of amides is 1. The van der Waals surface area contributed by atoms with Gasteiger partial charge in [0.05, 0.1) is 0 Å². The predicted octanol–water partition coefficient (Wildman–Crippen LogP) is 1.75. The summed E-state index contributed by atoms with van der Waals surface area (Å²) >= 11 is 5.75. The van der Waals surface area contributed by atoms with Crippen LogP contribution < -0.4 is 5.73 Å². The molecule has 0 unspecified atom stereocenters. The van der Waals surface area contributed by atoms with Crippen molar-refractivity contribution in [2.24, 2.45) is 5.73 Å². The summed E-state index contributed by atoms with van der Waals surface area (Å²) < 4.78 is 0. The number of rotatable bonds is 1. The van der Waals surface area contributed by atoms with Crippen LogP contribution in [-0.4, -0.2) is 5.91 Å². The van der Waals surface area contributed by atoms with Gasteiger partial charge in [-0.15, -0.1) is 0 Å². The largest absolute Gasteiger partial charge is 0.366 e. The fourth-order valence-corrected chi connectivity index (χ4v) is 0.927. The van der Waals surface area contributed by atoms with E-state index in [1.165, 1.54) is 0 Å². The number of benzene rings is 1. The molecule has 0 aromatic heterocycles. The maximum Gasteiger partial charge on any atom is 0.248 e. The van der Waals surface area contributed by atoms with Gasteiger partial charge in [0.15, 0.2) is 0 Å². The van der Waals surface area contributed by atoms with Crippen LogP contribution in [0.25, 0.3) is 0 Å². The van der Waals surface area contributed by atoms with Gasteiger partial charge in [0.25, 0.3) is 0 Å². The normalized spacial score (nSPS) is 9.64. The maximum absolute atomic E-state index is 10.6. The zero-order valence-electron chi connectivity index (χ0n) is 6.10. The Labute approximate surface area is 70.0 Å².